The topological polar surface area (TPSA) is 121 Å². The summed E-state index contributed by atoms with van der Waals surface area (Å²) in [5, 5.41) is 4.19. The van der Waals surface area contributed by atoms with E-state index in [1.165, 1.54) is 33.8 Å². The molecule has 2 aromatic rings. The molecule has 2 saturated heterocycles. The molecule has 1 aromatic carbocycles. The van der Waals surface area contributed by atoms with Gasteiger partial charge in [0.1, 0.15) is 23.5 Å². The van der Waals surface area contributed by atoms with E-state index in [0.29, 0.717) is 0 Å². The molecule has 0 aliphatic carbocycles. The van der Waals surface area contributed by atoms with Crippen molar-refractivity contribution in [1.82, 2.24) is 15.2 Å². The van der Waals surface area contributed by atoms with Crippen LogP contribution < -0.4 is 15.1 Å². The number of amides is 3. The van der Waals surface area contributed by atoms with Gasteiger partial charge in [0.2, 0.25) is 5.91 Å². The molecule has 0 unspecified atom stereocenters. The maximum atomic E-state index is 15.1. The summed E-state index contributed by atoms with van der Waals surface area (Å²) < 4.78 is 39.9. The Morgan fingerprint density at radius 2 is 1.89 bits per heavy atom. The van der Waals surface area contributed by atoms with Crippen LogP contribution in [0.15, 0.2) is 23.0 Å². The van der Waals surface area contributed by atoms with Crippen molar-refractivity contribution in [2.24, 2.45) is 0 Å². The number of carbonyl (C=O) groups excluding carboxylic acids is 4. The second kappa shape index (κ2) is 11.7. The summed E-state index contributed by atoms with van der Waals surface area (Å²) in [5.41, 5.74) is 1.51. The zero-order valence-corrected chi connectivity index (χ0v) is 21.6. The highest BCUT2D eigenvalue weighted by Gasteiger charge is 2.34. The number of ether oxygens (including phenoxy) is 2. The van der Waals surface area contributed by atoms with E-state index in [1.807, 2.05) is 0 Å². The molecule has 3 heterocycles. The van der Waals surface area contributed by atoms with E-state index in [-0.39, 0.29) is 68.5 Å². The Morgan fingerprint density at radius 3 is 2.50 bits per heavy atom. The van der Waals surface area contributed by atoms with Crippen molar-refractivity contribution in [1.29, 1.82) is 0 Å². The quantitative estimate of drug-likeness (QED) is 0.496. The number of nitrogens with one attached hydrogen (secondary N) is 1. The van der Waals surface area contributed by atoms with Gasteiger partial charge in [0.15, 0.2) is 11.6 Å². The van der Waals surface area contributed by atoms with E-state index in [0.717, 1.165) is 17.0 Å². The number of hydrogen-bond acceptors (Lipinski definition) is 9. The van der Waals surface area contributed by atoms with Crippen molar-refractivity contribution in [3.63, 3.8) is 0 Å². The number of piperazine rings is 1. The number of aromatic nitrogens is 1. The molecule has 2 atom stereocenters. The highest BCUT2D eigenvalue weighted by atomic mass is 32.1. The van der Waals surface area contributed by atoms with Gasteiger partial charge in [-0.15, -0.1) is 11.3 Å². The number of esters is 1. The van der Waals surface area contributed by atoms with E-state index in [4.69, 9.17) is 4.74 Å². The van der Waals surface area contributed by atoms with E-state index in [9.17, 15) is 19.2 Å². The Hall–Kier alpha value is -3.81. The second-order valence-corrected chi connectivity index (χ2v) is 9.59. The first kappa shape index (κ1) is 27.2. The first-order chi connectivity index (χ1) is 18.2. The summed E-state index contributed by atoms with van der Waals surface area (Å²) in [6, 6.07) is 1.34. The van der Waals surface area contributed by atoms with Gasteiger partial charge in [0.25, 0.3) is 5.91 Å². The molecule has 11 nitrogen and oxygen atoms in total. The Labute approximate surface area is 221 Å². The molecule has 2 aliphatic heterocycles. The van der Waals surface area contributed by atoms with E-state index < -0.39 is 41.7 Å². The van der Waals surface area contributed by atoms with Gasteiger partial charge in [-0.3, -0.25) is 19.3 Å². The molecular formula is C24H27F2N5O6S. The normalized spacial score (nSPS) is 18.3. The lowest BCUT2D eigenvalue weighted by Crippen LogP contribution is -2.54. The molecule has 2 aliphatic rings. The van der Waals surface area contributed by atoms with E-state index in [2.05, 4.69) is 15.0 Å². The third-order valence-electron chi connectivity index (χ3n) is 6.38. The zero-order chi connectivity index (χ0) is 27.4. The molecule has 0 saturated carbocycles. The SMILES string of the molecule is COC(=O)CC[C@H]1CN(c2cc(F)c(N3CCN(C(=O)[C@H](C)NC(=O)c4cscn4)CC3)c(F)c2)C(=O)O1. The van der Waals surface area contributed by atoms with Gasteiger partial charge in [-0.25, -0.2) is 18.6 Å². The van der Waals surface area contributed by atoms with Gasteiger partial charge in [-0.05, 0) is 13.3 Å². The number of thiazole rings is 1. The number of rotatable bonds is 8. The summed E-state index contributed by atoms with van der Waals surface area (Å²) in [5.74, 6) is -2.91. The molecule has 204 valence electrons. The van der Waals surface area contributed by atoms with Crippen LogP contribution in [0.1, 0.15) is 30.3 Å². The number of benzene rings is 1. The van der Waals surface area contributed by atoms with Crippen LogP contribution in [-0.2, 0) is 19.1 Å². The number of methoxy groups -OCH3 is 1. The summed E-state index contributed by atoms with van der Waals surface area (Å²) in [4.78, 5) is 56.6. The van der Waals surface area contributed by atoms with Gasteiger partial charge in [0, 0.05) is 50.1 Å². The van der Waals surface area contributed by atoms with Crippen molar-refractivity contribution in [3.05, 3.63) is 40.4 Å². The summed E-state index contributed by atoms with van der Waals surface area (Å²) >= 11 is 1.27. The van der Waals surface area contributed by atoms with Gasteiger partial charge in [-0.1, -0.05) is 0 Å². The molecule has 4 rings (SSSR count). The smallest absolute Gasteiger partial charge is 0.414 e. The number of hydrogen-bond donors (Lipinski definition) is 1. The molecule has 38 heavy (non-hydrogen) atoms. The Balaban J connectivity index is 1.35. The minimum atomic E-state index is -0.852. The van der Waals surface area contributed by atoms with Gasteiger partial charge < -0.3 is 24.6 Å². The molecule has 0 spiro atoms. The lowest BCUT2D eigenvalue weighted by Gasteiger charge is -2.37. The fraction of sp³-hybridized carbons (Fsp3) is 0.458. The van der Waals surface area contributed by atoms with Crippen molar-refractivity contribution in [2.45, 2.75) is 31.9 Å². The van der Waals surface area contributed by atoms with Crippen LogP contribution in [0.2, 0.25) is 0 Å². The fourth-order valence-electron chi connectivity index (χ4n) is 4.35. The Kier molecular flexibility index (Phi) is 8.39. The summed E-state index contributed by atoms with van der Waals surface area (Å²) in [7, 11) is 1.26. The number of carbonyl (C=O) groups is 4. The van der Waals surface area contributed by atoms with Crippen molar-refractivity contribution >= 4 is 46.6 Å². The van der Waals surface area contributed by atoms with Crippen molar-refractivity contribution in [3.8, 4) is 0 Å². The molecule has 0 bridgehead atoms. The Morgan fingerprint density at radius 1 is 1.21 bits per heavy atom. The second-order valence-electron chi connectivity index (χ2n) is 8.87. The average molecular weight is 552 g/mol. The molecule has 2 fully saturated rings. The fourth-order valence-corrected chi connectivity index (χ4v) is 4.89. The monoisotopic (exact) mass is 551 g/mol. The zero-order valence-electron chi connectivity index (χ0n) is 20.8. The van der Waals surface area contributed by atoms with Crippen LogP contribution in [0.5, 0.6) is 0 Å². The lowest BCUT2D eigenvalue weighted by atomic mass is 10.1. The van der Waals surface area contributed by atoms with Crippen molar-refractivity contribution < 1.29 is 37.4 Å². The standard InChI is InChI=1S/C24H27F2N5O6S/c1-14(28-22(33)19-12-38-13-27-19)23(34)30-7-5-29(6-8-30)21-17(25)9-15(10-18(21)26)31-11-16(37-24(31)35)3-4-20(32)36-2/h9-10,12-14,16H,3-8,11H2,1-2H3,(H,28,33)/t14-,16-/m0/s1. The molecular weight excluding hydrogens is 524 g/mol. The third kappa shape index (κ3) is 6.01. The number of anilines is 2. The summed E-state index contributed by atoms with van der Waals surface area (Å²) in [6.45, 7) is 2.37. The van der Waals surface area contributed by atoms with Crippen LogP contribution in [0.3, 0.4) is 0 Å². The lowest BCUT2D eigenvalue weighted by molar-refractivity contribution is -0.141. The van der Waals surface area contributed by atoms with Crippen LogP contribution in [0.4, 0.5) is 25.0 Å². The average Bonchev–Trinajstić information content (AvgIpc) is 3.57. The number of cyclic esters (lactones) is 1. The van der Waals surface area contributed by atoms with Crippen LogP contribution in [0.25, 0.3) is 0 Å². The van der Waals surface area contributed by atoms with Gasteiger partial charge in [-0.2, -0.15) is 0 Å². The molecule has 1 N–H and O–H groups in total. The maximum Gasteiger partial charge on any atom is 0.414 e. The van der Waals surface area contributed by atoms with Crippen molar-refractivity contribution in [2.75, 3.05) is 49.6 Å². The van der Waals surface area contributed by atoms with E-state index in [1.54, 1.807) is 12.3 Å². The van der Waals surface area contributed by atoms with Gasteiger partial charge >= 0.3 is 12.1 Å². The largest absolute Gasteiger partial charge is 0.469 e. The molecule has 14 heteroatoms. The predicted octanol–water partition coefficient (Wildman–Crippen LogP) is 2.17. The highest BCUT2D eigenvalue weighted by Crippen LogP contribution is 2.32. The van der Waals surface area contributed by atoms with Crippen LogP contribution >= 0.6 is 11.3 Å². The number of halogens is 2. The highest BCUT2D eigenvalue weighted by molar-refractivity contribution is 7.07. The molecule has 1 aromatic heterocycles. The van der Waals surface area contributed by atoms with Crippen LogP contribution in [0, 0.1) is 11.6 Å². The van der Waals surface area contributed by atoms with Gasteiger partial charge in [0.05, 0.1) is 24.9 Å². The summed E-state index contributed by atoms with van der Waals surface area (Å²) in [6.07, 6.45) is -1.08. The molecule has 0 radical (unpaired) electrons. The first-order valence-corrected chi connectivity index (χ1v) is 12.9. The number of nitrogens with zero attached hydrogens (tertiary/aromatic N) is 4. The Bertz CT molecular complexity index is 1180. The predicted molar refractivity (Wildman–Crippen MR) is 133 cm³/mol. The first-order valence-electron chi connectivity index (χ1n) is 11.9. The minimum absolute atomic E-state index is 0.00723. The molecule has 3 amide bonds. The van der Waals surface area contributed by atoms with Crippen LogP contribution in [-0.4, -0.2) is 85.7 Å². The third-order valence-corrected chi connectivity index (χ3v) is 6.96. The maximum absolute atomic E-state index is 15.1. The van der Waals surface area contributed by atoms with E-state index >= 15 is 8.78 Å². The minimum Gasteiger partial charge on any atom is -0.469 e.